The van der Waals surface area contributed by atoms with E-state index in [-0.39, 0.29) is 24.3 Å². The van der Waals surface area contributed by atoms with Gasteiger partial charge in [-0.3, -0.25) is 9.59 Å². The molecule has 26 heavy (non-hydrogen) atoms. The Morgan fingerprint density at radius 3 is 2.62 bits per heavy atom. The number of nitrogens with one attached hydrogen (secondary N) is 2. The molecule has 0 fully saturated rings. The molecule has 0 radical (unpaired) electrons. The zero-order valence-corrected chi connectivity index (χ0v) is 15.3. The first-order chi connectivity index (χ1) is 12.4. The van der Waals surface area contributed by atoms with Crippen LogP contribution in [0.2, 0.25) is 0 Å². The second kappa shape index (κ2) is 7.60. The van der Waals surface area contributed by atoms with E-state index in [1.807, 2.05) is 0 Å². The highest BCUT2D eigenvalue weighted by atomic mass is 16.5. The van der Waals surface area contributed by atoms with Crippen molar-refractivity contribution in [2.45, 2.75) is 33.1 Å². The molecule has 1 atom stereocenters. The van der Waals surface area contributed by atoms with Crippen molar-refractivity contribution in [3.8, 4) is 5.75 Å². The topological polar surface area (TPSA) is 67.4 Å². The Hall–Kier alpha value is -2.82. The average Bonchev–Trinajstić information content (AvgIpc) is 2.60. The monoisotopic (exact) mass is 352 g/mol. The lowest BCUT2D eigenvalue weighted by Gasteiger charge is -2.23. The maximum Gasteiger partial charge on any atom is 0.262 e. The minimum absolute atomic E-state index is 0.0438. The smallest absolute Gasteiger partial charge is 0.262 e. The number of hydrogen-bond donors (Lipinski definition) is 2. The van der Waals surface area contributed by atoms with E-state index in [9.17, 15) is 9.59 Å². The Morgan fingerprint density at radius 1 is 1.19 bits per heavy atom. The number of ether oxygens (including phenoxy) is 1. The first kappa shape index (κ1) is 18.0. The zero-order chi connectivity index (χ0) is 18.7. The molecule has 2 aromatic rings. The zero-order valence-electron chi connectivity index (χ0n) is 15.3. The third-order valence-electron chi connectivity index (χ3n) is 4.63. The molecule has 1 heterocycles. The van der Waals surface area contributed by atoms with Crippen molar-refractivity contribution in [3.05, 3.63) is 53.6 Å². The van der Waals surface area contributed by atoms with Crippen LogP contribution in [0.5, 0.6) is 5.75 Å². The fraction of sp³-hybridized carbons (Fsp3) is 0.333. The fourth-order valence-corrected chi connectivity index (χ4v) is 3.17. The number of rotatable bonds is 5. The Bertz CT molecular complexity index is 813. The Kier molecular flexibility index (Phi) is 5.26. The molecule has 5 nitrogen and oxygen atoms in total. The summed E-state index contributed by atoms with van der Waals surface area (Å²) >= 11 is 0. The number of anilines is 2. The van der Waals surface area contributed by atoms with E-state index in [0.717, 1.165) is 0 Å². The Morgan fingerprint density at radius 2 is 1.92 bits per heavy atom. The Balaban J connectivity index is 1.74. The molecule has 2 amide bonds. The molecule has 0 saturated carbocycles. The third-order valence-corrected chi connectivity index (χ3v) is 4.63. The second-order valence-electron chi connectivity index (χ2n) is 7.03. The first-order valence-electron chi connectivity index (χ1n) is 8.86. The molecule has 0 aromatic heterocycles. The number of benzene rings is 2. The summed E-state index contributed by atoms with van der Waals surface area (Å²) < 4.78 is 5.49. The molecule has 5 heteroatoms. The van der Waals surface area contributed by atoms with Gasteiger partial charge in [0, 0.05) is 6.42 Å². The van der Waals surface area contributed by atoms with Gasteiger partial charge in [-0.2, -0.15) is 0 Å². The predicted molar refractivity (Wildman–Crippen MR) is 103 cm³/mol. The van der Waals surface area contributed by atoms with Gasteiger partial charge < -0.3 is 15.4 Å². The van der Waals surface area contributed by atoms with Gasteiger partial charge in [-0.15, -0.1) is 0 Å². The average molecular weight is 352 g/mol. The normalized spacial score (nSPS) is 14.2. The van der Waals surface area contributed by atoms with Gasteiger partial charge in [0.15, 0.2) is 12.4 Å². The maximum absolute atomic E-state index is 12.7. The van der Waals surface area contributed by atoms with Crippen molar-refractivity contribution in [3.63, 3.8) is 0 Å². The molecule has 2 aromatic carbocycles. The number of carbonyl (C=O) groups is 2. The van der Waals surface area contributed by atoms with Crippen molar-refractivity contribution in [2.75, 3.05) is 17.2 Å². The van der Waals surface area contributed by atoms with Crippen molar-refractivity contribution in [1.29, 1.82) is 0 Å². The van der Waals surface area contributed by atoms with E-state index >= 15 is 0 Å². The molecule has 3 rings (SSSR count). The van der Waals surface area contributed by atoms with Crippen LogP contribution in [0.4, 0.5) is 11.4 Å². The van der Waals surface area contributed by atoms with Crippen LogP contribution >= 0.6 is 0 Å². The fourth-order valence-electron chi connectivity index (χ4n) is 3.17. The van der Waals surface area contributed by atoms with Crippen LogP contribution in [0, 0.1) is 12.8 Å². The van der Waals surface area contributed by atoms with Gasteiger partial charge >= 0.3 is 0 Å². The minimum Gasteiger partial charge on any atom is -0.479 e. The van der Waals surface area contributed by atoms with Crippen molar-refractivity contribution < 1.29 is 14.3 Å². The highest BCUT2D eigenvalue weighted by Gasteiger charge is 2.23. The van der Waals surface area contributed by atoms with E-state index in [1.165, 1.54) is 11.1 Å². The van der Waals surface area contributed by atoms with Crippen LogP contribution in [-0.2, 0) is 9.59 Å². The molecule has 1 unspecified atom stereocenters. The molecule has 1 aliphatic rings. The van der Waals surface area contributed by atoms with Gasteiger partial charge in [-0.25, -0.2) is 0 Å². The van der Waals surface area contributed by atoms with Crippen LogP contribution in [0.3, 0.4) is 0 Å². The summed E-state index contributed by atoms with van der Waals surface area (Å²) in [5.41, 5.74) is 3.53. The molecular weight excluding hydrogens is 328 g/mol. The lowest BCUT2D eigenvalue weighted by molar-refractivity contribution is -0.118. The second-order valence-corrected chi connectivity index (χ2v) is 7.03. The summed E-state index contributed by atoms with van der Waals surface area (Å²) in [4.78, 5) is 24.1. The lowest BCUT2D eigenvalue weighted by atomic mass is 9.85. The van der Waals surface area contributed by atoms with Gasteiger partial charge in [0.05, 0.1) is 11.4 Å². The van der Waals surface area contributed by atoms with Crippen LogP contribution in [0.1, 0.15) is 37.3 Å². The molecule has 1 aliphatic heterocycles. The molecule has 2 N–H and O–H groups in total. The van der Waals surface area contributed by atoms with E-state index in [2.05, 4.69) is 55.7 Å². The molecular formula is C21H24N2O3. The summed E-state index contributed by atoms with van der Waals surface area (Å²) in [5.74, 6) is 0.717. The van der Waals surface area contributed by atoms with Crippen LogP contribution in [-0.4, -0.2) is 18.4 Å². The van der Waals surface area contributed by atoms with Gasteiger partial charge in [-0.05, 0) is 36.5 Å². The van der Waals surface area contributed by atoms with Crippen LogP contribution in [0.15, 0.2) is 42.5 Å². The number of carbonyl (C=O) groups excluding carboxylic acids is 2. The van der Waals surface area contributed by atoms with E-state index in [0.29, 0.717) is 29.5 Å². The van der Waals surface area contributed by atoms with Gasteiger partial charge in [0.2, 0.25) is 5.91 Å². The maximum atomic E-state index is 12.7. The third kappa shape index (κ3) is 4.04. The quantitative estimate of drug-likeness (QED) is 0.851. The first-order valence-corrected chi connectivity index (χ1v) is 8.86. The minimum atomic E-state index is -0.194. The van der Waals surface area contributed by atoms with Crippen molar-refractivity contribution in [1.82, 2.24) is 0 Å². The summed E-state index contributed by atoms with van der Waals surface area (Å²) in [6, 6.07) is 13.7. The number of hydrogen-bond acceptors (Lipinski definition) is 3. The standard InChI is InChI=1S/C21H24N2O3/c1-13(2)16(15-9-7-14(3)8-10-15)11-19(24)22-17-5-4-6-18-21(17)26-12-20(25)23-18/h4-10,13,16H,11-12H2,1-3H3,(H,22,24)(H,23,25). The number of para-hydroxylation sites is 1. The van der Waals surface area contributed by atoms with Crippen molar-refractivity contribution >= 4 is 23.2 Å². The summed E-state index contributed by atoms with van der Waals surface area (Å²) in [6.07, 6.45) is 0.386. The summed E-state index contributed by atoms with van der Waals surface area (Å²) in [7, 11) is 0. The largest absolute Gasteiger partial charge is 0.479 e. The van der Waals surface area contributed by atoms with E-state index < -0.39 is 0 Å². The summed E-state index contributed by atoms with van der Waals surface area (Å²) in [6.45, 7) is 6.26. The highest BCUT2D eigenvalue weighted by Crippen LogP contribution is 2.36. The lowest BCUT2D eigenvalue weighted by Crippen LogP contribution is -2.26. The number of fused-ring (bicyclic) bond motifs is 1. The van der Waals surface area contributed by atoms with E-state index in [1.54, 1.807) is 18.2 Å². The molecule has 0 spiro atoms. The van der Waals surface area contributed by atoms with Crippen LogP contribution < -0.4 is 15.4 Å². The summed E-state index contributed by atoms with van der Waals surface area (Å²) in [5, 5.41) is 5.68. The molecule has 0 saturated heterocycles. The molecule has 0 aliphatic carbocycles. The number of aryl methyl sites for hydroxylation is 1. The molecule has 0 bridgehead atoms. The van der Waals surface area contributed by atoms with E-state index in [4.69, 9.17) is 4.74 Å². The number of amides is 2. The Labute approximate surface area is 153 Å². The van der Waals surface area contributed by atoms with Gasteiger partial charge in [0.1, 0.15) is 0 Å². The molecule has 136 valence electrons. The van der Waals surface area contributed by atoms with Gasteiger partial charge in [-0.1, -0.05) is 49.7 Å². The predicted octanol–water partition coefficient (Wildman–Crippen LogP) is 4.09. The van der Waals surface area contributed by atoms with Gasteiger partial charge in [0.25, 0.3) is 5.91 Å². The SMILES string of the molecule is Cc1ccc(C(CC(=O)Nc2cccc3c2OCC(=O)N3)C(C)C)cc1. The van der Waals surface area contributed by atoms with Crippen molar-refractivity contribution in [2.24, 2.45) is 5.92 Å². The van der Waals surface area contributed by atoms with Crippen LogP contribution in [0.25, 0.3) is 0 Å². The highest BCUT2D eigenvalue weighted by molar-refractivity contribution is 6.00.